The van der Waals surface area contributed by atoms with Crippen LogP contribution in [0.3, 0.4) is 0 Å². The molecule has 7 heteroatoms. The Balaban J connectivity index is 1.81. The summed E-state index contributed by atoms with van der Waals surface area (Å²) in [6, 6.07) is 16.9. The molecular weight excluding hydrogens is 471 g/mol. The van der Waals surface area contributed by atoms with Crippen LogP contribution in [0.25, 0.3) is 11.8 Å². The maximum atomic E-state index is 13.5. The van der Waals surface area contributed by atoms with Gasteiger partial charge in [0.25, 0.3) is 5.91 Å². The summed E-state index contributed by atoms with van der Waals surface area (Å²) in [6.45, 7) is 6.02. The van der Waals surface area contributed by atoms with Crippen molar-refractivity contribution in [1.82, 2.24) is 9.47 Å². The van der Waals surface area contributed by atoms with E-state index >= 15 is 0 Å². The van der Waals surface area contributed by atoms with Gasteiger partial charge in [0.15, 0.2) is 0 Å². The second kappa shape index (κ2) is 9.53. The summed E-state index contributed by atoms with van der Waals surface area (Å²) in [5, 5.41) is 1.13. The fourth-order valence-electron chi connectivity index (χ4n) is 4.30. The van der Waals surface area contributed by atoms with E-state index in [0.29, 0.717) is 27.9 Å². The minimum absolute atomic E-state index is 0.243. The Morgan fingerprint density at radius 2 is 1.74 bits per heavy atom. The van der Waals surface area contributed by atoms with Crippen LogP contribution in [0.5, 0.6) is 0 Å². The summed E-state index contributed by atoms with van der Waals surface area (Å²) >= 11 is 12.7. The van der Waals surface area contributed by atoms with Gasteiger partial charge in [0, 0.05) is 22.1 Å². The van der Waals surface area contributed by atoms with Crippen LogP contribution in [0, 0.1) is 13.8 Å². The third-order valence-electron chi connectivity index (χ3n) is 6.00. The summed E-state index contributed by atoms with van der Waals surface area (Å²) in [6.07, 6.45) is 1.75. The number of esters is 1. The molecule has 0 fully saturated rings. The maximum Gasteiger partial charge on any atom is 0.340 e. The van der Waals surface area contributed by atoms with Crippen molar-refractivity contribution in [2.45, 2.75) is 27.3 Å². The average molecular weight is 495 g/mol. The molecule has 0 bridgehead atoms. The fourth-order valence-corrected chi connectivity index (χ4v) is 4.67. The summed E-state index contributed by atoms with van der Waals surface area (Å²) in [7, 11) is 1.32. The lowest BCUT2D eigenvalue weighted by Gasteiger charge is -2.17. The number of benzene rings is 2. The van der Waals surface area contributed by atoms with Crippen LogP contribution in [-0.2, 0) is 20.9 Å². The van der Waals surface area contributed by atoms with Gasteiger partial charge in [0.2, 0.25) is 0 Å². The predicted molar refractivity (Wildman–Crippen MR) is 135 cm³/mol. The van der Waals surface area contributed by atoms with Crippen LogP contribution >= 0.6 is 23.2 Å². The van der Waals surface area contributed by atoms with Crippen molar-refractivity contribution in [3.8, 4) is 5.69 Å². The van der Waals surface area contributed by atoms with E-state index in [1.165, 1.54) is 7.11 Å². The molecule has 4 rings (SSSR count). The average Bonchev–Trinajstić information content (AvgIpc) is 3.22. The molecule has 2 aromatic carbocycles. The van der Waals surface area contributed by atoms with Crippen molar-refractivity contribution in [3.05, 3.63) is 104 Å². The number of nitrogens with zero attached hydrogens (tertiary/aromatic N) is 2. The van der Waals surface area contributed by atoms with Crippen molar-refractivity contribution < 1.29 is 14.3 Å². The summed E-state index contributed by atoms with van der Waals surface area (Å²) in [5.74, 6) is -0.785. The first-order valence-corrected chi connectivity index (χ1v) is 11.5. The van der Waals surface area contributed by atoms with E-state index in [-0.39, 0.29) is 11.5 Å². The highest BCUT2D eigenvalue weighted by atomic mass is 35.5. The van der Waals surface area contributed by atoms with E-state index < -0.39 is 5.97 Å². The van der Waals surface area contributed by atoms with Crippen molar-refractivity contribution >= 4 is 41.2 Å². The van der Waals surface area contributed by atoms with Crippen LogP contribution < -0.4 is 0 Å². The quantitative estimate of drug-likeness (QED) is 0.310. The molecule has 34 heavy (non-hydrogen) atoms. The third kappa shape index (κ3) is 4.29. The largest absolute Gasteiger partial charge is 0.465 e. The molecule has 0 saturated carbocycles. The van der Waals surface area contributed by atoms with Gasteiger partial charge in [0.05, 0.1) is 35.5 Å². The fraction of sp³-hybridized carbons (Fsp3) is 0.185. The number of ether oxygens (including phenoxy) is 1. The topological polar surface area (TPSA) is 51.5 Å². The number of aryl methyl sites for hydroxylation is 1. The summed E-state index contributed by atoms with van der Waals surface area (Å²) in [5.41, 5.74) is 5.44. The summed E-state index contributed by atoms with van der Waals surface area (Å²) < 4.78 is 7.01. The Labute approximate surface area is 208 Å². The zero-order valence-electron chi connectivity index (χ0n) is 19.4. The number of hydrogen-bond donors (Lipinski definition) is 0. The number of allylic oxidation sites excluding steroid dienone is 1. The molecule has 1 aliphatic heterocycles. The highest BCUT2D eigenvalue weighted by Crippen LogP contribution is 2.35. The number of carbonyl (C=O) groups excluding carboxylic acids is 2. The second-order valence-electron chi connectivity index (χ2n) is 8.14. The number of amides is 1. The van der Waals surface area contributed by atoms with E-state index in [1.54, 1.807) is 36.1 Å². The van der Waals surface area contributed by atoms with Gasteiger partial charge in [-0.3, -0.25) is 4.79 Å². The molecule has 3 aromatic rings. The van der Waals surface area contributed by atoms with Gasteiger partial charge < -0.3 is 14.2 Å². The SMILES string of the molecule is COC(=O)C1=C(C)N(Cc2ccccc2)C(=O)/C1=C\c1cc(C)n(-c2cc(Cl)ccc2Cl)c1C. The van der Waals surface area contributed by atoms with Crippen LogP contribution in [0.1, 0.15) is 29.4 Å². The van der Waals surface area contributed by atoms with Crippen molar-refractivity contribution in [1.29, 1.82) is 0 Å². The van der Waals surface area contributed by atoms with Crippen LogP contribution in [0.2, 0.25) is 10.0 Å². The number of hydrogen-bond acceptors (Lipinski definition) is 3. The Morgan fingerprint density at radius 1 is 1.03 bits per heavy atom. The molecule has 174 valence electrons. The number of carbonyl (C=O) groups is 2. The van der Waals surface area contributed by atoms with Gasteiger partial charge >= 0.3 is 5.97 Å². The zero-order chi connectivity index (χ0) is 24.6. The van der Waals surface area contributed by atoms with E-state index in [1.807, 2.05) is 54.8 Å². The molecule has 0 aliphatic carbocycles. The van der Waals surface area contributed by atoms with Gasteiger partial charge in [-0.05, 0) is 62.2 Å². The maximum absolute atomic E-state index is 13.5. The lowest BCUT2D eigenvalue weighted by Crippen LogP contribution is -2.24. The minimum atomic E-state index is -0.542. The van der Waals surface area contributed by atoms with Gasteiger partial charge in [-0.15, -0.1) is 0 Å². The third-order valence-corrected chi connectivity index (χ3v) is 6.56. The highest BCUT2D eigenvalue weighted by molar-refractivity contribution is 6.34. The molecule has 2 heterocycles. The lowest BCUT2D eigenvalue weighted by atomic mass is 10.0. The predicted octanol–water partition coefficient (Wildman–Crippen LogP) is 6.27. The first-order chi connectivity index (χ1) is 16.2. The number of methoxy groups -OCH3 is 1. The normalized spacial score (nSPS) is 14.9. The number of rotatable bonds is 5. The first-order valence-electron chi connectivity index (χ1n) is 10.7. The monoisotopic (exact) mass is 494 g/mol. The van der Waals surface area contributed by atoms with Gasteiger partial charge in [-0.1, -0.05) is 53.5 Å². The molecule has 5 nitrogen and oxygen atoms in total. The number of aromatic nitrogens is 1. The molecule has 0 atom stereocenters. The highest BCUT2D eigenvalue weighted by Gasteiger charge is 2.37. The zero-order valence-corrected chi connectivity index (χ0v) is 20.9. The Kier molecular flexibility index (Phi) is 6.69. The molecule has 0 radical (unpaired) electrons. The Bertz CT molecular complexity index is 1350. The molecule has 1 amide bonds. The second-order valence-corrected chi connectivity index (χ2v) is 8.99. The summed E-state index contributed by atoms with van der Waals surface area (Å²) in [4.78, 5) is 27.8. The van der Waals surface area contributed by atoms with E-state index in [0.717, 1.165) is 28.2 Å². The van der Waals surface area contributed by atoms with Crippen molar-refractivity contribution in [2.75, 3.05) is 7.11 Å². The van der Waals surface area contributed by atoms with Crippen molar-refractivity contribution in [2.24, 2.45) is 0 Å². The van der Waals surface area contributed by atoms with E-state index in [9.17, 15) is 9.59 Å². The number of halogens is 2. The van der Waals surface area contributed by atoms with Gasteiger partial charge in [-0.25, -0.2) is 4.79 Å². The van der Waals surface area contributed by atoms with Crippen LogP contribution in [0.15, 0.2) is 71.4 Å². The van der Waals surface area contributed by atoms with E-state index in [2.05, 4.69) is 0 Å². The Morgan fingerprint density at radius 3 is 2.41 bits per heavy atom. The van der Waals surface area contributed by atoms with Crippen LogP contribution in [-0.4, -0.2) is 28.5 Å². The smallest absolute Gasteiger partial charge is 0.340 e. The molecular formula is C27H24Cl2N2O3. The van der Waals surface area contributed by atoms with Crippen LogP contribution in [0.4, 0.5) is 0 Å². The Hall–Kier alpha value is -3.28. The van der Waals surface area contributed by atoms with Crippen molar-refractivity contribution in [3.63, 3.8) is 0 Å². The molecule has 0 saturated heterocycles. The van der Waals surface area contributed by atoms with Gasteiger partial charge in [-0.2, -0.15) is 0 Å². The minimum Gasteiger partial charge on any atom is -0.465 e. The lowest BCUT2D eigenvalue weighted by molar-refractivity contribution is -0.136. The molecule has 0 unspecified atom stereocenters. The van der Waals surface area contributed by atoms with E-state index in [4.69, 9.17) is 27.9 Å². The molecule has 0 N–H and O–H groups in total. The molecule has 1 aliphatic rings. The molecule has 1 aromatic heterocycles. The first kappa shape index (κ1) is 23.9. The van der Waals surface area contributed by atoms with Gasteiger partial charge in [0.1, 0.15) is 0 Å². The standard InChI is InChI=1S/C27H24Cl2N2O3/c1-16-12-20(17(2)31(16)24-14-21(28)10-11-23(24)29)13-22-25(27(33)34-4)18(3)30(26(22)32)15-19-8-6-5-7-9-19/h5-14H,15H2,1-4H3/b22-13-. The molecule has 0 spiro atoms.